The van der Waals surface area contributed by atoms with Gasteiger partial charge in [-0.15, -0.1) is 0 Å². The molecule has 16 heavy (non-hydrogen) atoms. The first-order valence-electron chi connectivity index (χ1n) is 6.44. The molecule has 0 saturated carbocycles. The van der Waals surface area contributed by atoms with Gasteiger partial charge in [0.2, 0.25) is 0 Å². The molecule has 0 unspecified atom stereocenters. The van der Waals surface area contributed by atoms with E-state index in [0.29, 0.717) is 0 Å². The second-order valence-corrected chi connectivity index (χ2v) is 4.68. The van der Waals surface area contributed by atoms with Crippen molar-refractivity contribution in [3.05, 3.63) is 34.9 Å². The van der Waals surface area contributed by atoms with Crippen LogP contribution in [0.3, 0.4) is 0 Å². The summed E-state index contributed by atoms with van der Waals surface area (Å²) in [6, 6.07) is 6.53. The Kier molecular flexibility index (Phi) is 5.54. The van der Waals surface area contributed by atoms with Crippen molar-refractivity contribution in [2.75, 3.05) is 6.54 Å². The van der Waals surface area contributed by atoms with Gasteiger partial charge in [0.15, 0.2) is 0 Å². The summed E-state index contributed by atoms with van der Waals surface area (Å²) in [5.41, 5.74) is 4.27. The zero-order chi connectivity index (χ0) is 12.0. The van der Waals surface area contributed by atoms with Crippen LogP contribution in [0.4, 0.5) is 0 Å². The van der Waals surface area contributed by atoms with Crippen molar-refractivity contribution in [1.29, 1.82) is 0 Å². The van der Waals surface area contributed by atoms with Crippen LogP contribution in [0.25, 0.3) is 0 Å². The van der Waals surface area contributed by atoms with Crippen LogP contribution in [0.5, 0.6) is 0 Å². The van der Waals surface area contributed by atoms with Gasteiger partial charge >= 0.3 is 0 Å². The first-order valence-corrected chi connectivity index (χ1v) is 6.44. The lowest BCUT2D eigenvalue weighted by Gasteiger charge is -2.15. The van der Waals surface area contributed by atoms with Gasteiger partial charge < -0.3 is 5.32 Å². The number of nitrogens with one attached hydrogen (secondary N) is 1. The molecule has 0 aliphatic carbocycles. The quantitative estimate of drug-likeness (QED) is 0.766. The molecule has 1 nitrogen and oxygen atoms in total. The van der Waals surface area contributed by atoms with E-state index in [4.69, 9.17) is 0 Å². The van der Waals surface area contributed by atoms with E-state index in [1.54, 1.807) is 0 Å². The molecule has 0 spiro atoms. The predicted molar refractivity (Wildman–Crippen MR) is 71.7 cm³/mol. The standard InChI is InChI=1S/C15H25N/c1-5-14(6-2)10-16-11-15-12(3)8-7-9-13(15)4/h7-9,14,16H,5-6,10-11H2,1-4H3. The van der Waals surface area contributed by atoms with E-state index in [2.05, 4.69) is 51.2 Å². The molecule has 0 heterocycles. The highest BCUT2D eigenvalue weighted by Gasteiger charge is 2.04. The van der Waals surface area contributed by atoms with Crippen molar-refractivity contribution in [1.82, 2.24) is 5.32 Å². The second kappa shape index (κ2) is 6.70. The molecular formula is C15H25N. The van der Waals surface area contributed by atoms with Gasteiger partial charge in [0, 0.05) is 6.54 Å². The smallest absolute Gasteiger partial charge is 0.0210 e. The van der Waals surface area contributed by atoms with E-state index < -0.39 is 0 Å². The summed E-state index contributed by atoms with van der Waals surface area (Å²) >= 11 is 0. The molecular weight excluding hydrogens is 194 g/mol. The summed E-state index contributed by atoms with van der Waals surface area (Å²) in [6.45, 7) is 11.1. The number of hydrogen-bond donors (Lipinski definition) is 1. The topological polar surface area (TPSA) is 12.0 Å². The minimum atomic E-state index is 0.823. The molecule has 90 valence electrons. The fraction of sp³-hybridized carbons (Fsp3) is 0.600. The van der Waals surface area contributed by atoms with Crippen molar-refractivity contribution in [3.8, 4) is 0 Å². The maximum atomic E-state index is 3.59. The number of aryl methyl sites for hydroxylation is 2. The Labute approximate surface area is 100 Å². The van der Waals surface area contributed by atoms with Gasteiger partial charge in [0.25, 0.3) is 0 Å². The average Bonchev–Trinajstić information content (AvgIpc) is 2.28. The Hall–Kier alpha value is -0.820. The summed E-state index contributed by atoms with van der Waals surface area (Å²) < 4.78 is 0. The van der Waals surface area contributed by atoms with Crippen LogP contribution < -0.4 is 5.32 Å². The third-order valence-electron chi connectivity index (χ3n) is 3.53. The van der Waals surface area contributed by atoms with E-state index in [9.17, 15) is 0 Å². The summed E-state index contributed by atoms with van der Waals surface area (Å²) in [7, 11) is 0. The SMILES string of the molecule is CCC(CC)CNCc1c(C)cccc1C. The molecule has 0 aliphatic rings. The highest BCUT2D eigenvalue weighted by Crippen LogP contribution is 2.13. The maximum absolute atomic E-state index is 3.59. The molecule has 0 bridgehead atoms. The van der Waals surface area contributed by atoms with Gasteiger partial charge in [-0.25, -0.2) is 0 Å². The Bertz CT molecular complexity index is 293. The van der Waals surface area contributed by atoms with Crippen molar-refractivity contribution >= 4 is 0 Å². The first-order chi connectivity index (χ1) is 7.69. The van der Waals surface area contributed by atoms with Crippen molar-refractivity contribution in [2.24, 2.45) is 5.92 Å². The van der Waals surface area contributed by atoms with Gasteiger partial charge in [-0.1, -0.05) is 44.9 Å². The zero-order valence-electron chi connectivity index (χ0n) is 11.1. The van der Waals surface area contributed by atoms with Crippen molar-refractivity contribution in [2.45, 2.75) is 47.1 Å². The van der Waals surface area contributed by atoms with Crippen LogP contribution in [0.15, 0.2) is 18.2 Å². The molecule has 1 N–H and O–H groups in total. The minimum absolute atomic E-state index is 0.823. The summed E-state index contributed by atoms with van der Waals surface area (Å²) in [5.74, 6) is 0.823. The van der Waals surface area contributed by atoms with E-state index in [1.807, 2.05) is 0 Å². The van der Waals surface area contributed by atoms with Gasteiger partial charge in [0.05, 0.1) is 0 Å². The van der Waals surface area contributed by atoms with E-state index in [1.165, 1.54) is 29.5 Å². The van der Waals surface area contributed by atoms with E-state index in [0.717, 1.165) is 19.0 Å². The molecule has 0 saturated heterocycles. The molecule has 0 aliphatic heterocycles. The van der Waals surface area contributed by atoms with Gasteiger partial charge in [-0.05, 0) is 43.0 Å². The molecule has 0 atom stereocenters. The molecule has 0 fully saturated rings. The van der Waals surface area contributed by atoms with Crippen molar-refractivity contribution < 1.29 is 0 Å². The molecule has 1 heteroatoms. The lowest BCUT2D eigenvalue weighted by Crippen LogP contribution is -2.22. The highest BCUT2D eigenvalue weighted by molar-refractivity contribution is 5.33. The minimum Gasteiger partial charge on any atom is -0.312 e. The second-order valence-electron chi connectivity index (χ2n) is 4.68. The van der Waals surface area contributed by atoms with Crippen LogP contribution in [0.2, 0.25) is 0 Å². The Morgan fingerprint density at radius 2 is 1.62 bits per heavy atom. The van der Waals surface area contributed by atoms with Crippen molar-refractivity contribution in [3.63, 3.8) is 0 Å². The Morgan fingerprint density at radius 1 is 1.06 bits per heavy atom. The lowest BCUT2D eigenvalue weighted by molar-refractivity contribution is 0.449. The Morgan fingerprint density at radius 3 is 2.12 bits per heavy atom. The van der Waals surface area contributed by atoms with E-state index in [-0.39, 0.29) is 0 Å². The monoisotopic (exact) mass is 219 g/mol. The summed E-state index contributed by atoms with van der Waals surface area (Å²) in [6.07, 6.45) is 2.55. The maximum Gasteiger partial charge on any atom is 0.0210 e. The van der Waals surface area contributed by atoms with Gasteiger partial charge in [0.1, 0.15) is 0 Å². The van der Waals surface area contributed by atoms with E-state index >= 15 is 0 Å². The molecule has 0 aromatic heterocycles. The largest absolute Gasteiger partial charge is 0.312 e. The Balaban J connectivity index is 2.48. The van der Waals surface area contributed by atoms with Crippen LogP contribution >= 0.6 is 0 Å². The normalized spacial score (nSPS) is 11.1. The zero-order valence-corrected chi connectivity index (χ0v) is 11.1. The molecule has 0 amide bonds. The summed E-state index contributed by atoms with van der Waals surface area (Å²) in [4.78, 5) is 0. The average molecular weight is 219 g/mol. The molecule has 1 aromatic rings. The lowest BCUT2D eigenvalue weighted by atomic mass is 10.0. The number of hydrogen-bond acceptors (Lipinski definition) is 1. The predicted octanol–water partition coefficient (Wildman–Crippen LogP) is 3.83. The summed E-state index contributed by atoms with van der Waals surface area (Å²) in [5, 5.41) is 3.59. The van der Waals surface area contributed by atoms with Gasteiger partial charge in [-0.3, -0.25) is 0 Å². The van der Waals surface area contributed by atoms with Crippen LogP contribution in [0, 0.1) is 19.8 Å². The van der Waals surface area contributed by atoms with Gasteiger partial charge in [-0.2, -0.15) is 0 Å². The first kappa shape index (κ1) is 13.2. The number of benzene rings is 1. The van der Waals surface area contributed by atoms with Crippen LogP contribution in [-0.4, -0.2) is 6.54 Å². The fourth-order valence-electron chi connectivity index (χ4n) is 2.11. The molecule has 1 aromatic carbocycles. The molecule has 0 radical (unpaired) electrons. The number of rotatable bonds is 6. The van der Waals surface area contributed by atoms with Crippen LogP contribution in [-0.2, 0) is 6.54 Å². The third kappa shape index (κ3) is 3.64. The molecule has 1 rings (SSSR count). The third-order valence-corrected chi connectivity index (χ3v) is 3.53. The fourth-order valence-corrected chi connectivity index (χ4v) is 2.11. The van der Waals surface area contributed by atoms with Crippen LogP contribution in [0.1, 0.15) is 43.4 Å². The highest BCUT2D eigenvalue weighted by atomic mass is 14.9.